The smallest absolute Gasteiger partial charge is 0.361 e. The van der Waals surface area contributed by atoms with E-state index in [-0.39, 0.29) is 32.2 Å². The second-order valence-corrected chi connectivity index (χ2v) is 26.2. The molecule has 0 bridgehead atoms. The predicted octanol–water partition coefficient (Wildman–Crippen LogP) is 23.6. The van der Waals surface area contributed by atoms with Crippen molar-refractivity contribution in [3.05, 3.63) is 97.2 Å². The number of carbonyl (C=O) groups is 3. The molecule has 1 N–H and O–H groups in total. The highest BCUT2D eigenvalue weighted by atomic mass is 16.7. The topological polar surface area (TPSA) is 108 Å². The fraction of sp³-hybridized carbons (Fsp3) is 0.762. The van der Waals surface area contributed by atoms with Crippen molar-refractivity contribution < 1.29 is 42.9 Å². The molecule has 0 heterocycles. The maximum atomic E-state index is 13.0. The van der Waals surface area contributed by atoms with Gasteiger partial charge in [-0.05, 0) is 96.3 Å². The Bertz CT molecular complexity index is 1790. The van der Waals surface area contributed by atoms with Gasteiger partial charge in [-0.3, -0.25) is 9.59 Å². The minimum absolute atomic E-state index is 0.184. The number of unbranched alkanes of at least 4 members (excludes halogenated alkanes) is 38. The zero-order valence-corrected chi connectivity index (χ0v) is 58.8. The monoisotopic (exact) mass is 1250 g/mol. The van der Waals surface area contributed by atoms with Crippen LogP contribution in [0.2, 0.25) is 0 Å². The van der Waals surface area contributed by atoms with Crippen LogP contribution in [0.3, 0.4) is 0 Å². The average Bonchev–Trinajstić information content (AvgIpc) is 3.64. The highest BCUT2D eigenvalue weighted by Gasteiger charge is 2.25. The van der Waals surface area contributed by atoms with Gasteiger partial charge in [0.15, 0.2) is 6.10 Å². The molecule has 0 radical (unpaired) electrons. The van der Waals surface area contributed by atoms with E-state index in [1.807, 2.05) is 21.1 Å². The molecule has 2 atom stereocenters. The summed E-state index contributed by atoms with van der Waals surface area (Å²) in [4.78, 5) is 37.7. The maximum Gasteiger partial charge on any atom is 0.361 e. The summed E-state index contributed by atoms with van der Waals surface area (Å²) in [6, 6.07) is 0. The molecule has 0 spiro atoms. The van der Waals surface area contributed by atoms with Crippen LogP contribution >= 0.6 is 0 Å². The third kappa shape index (κ3) is 71.5. The number of likely N-dealkylation sites (N-methyl/N-ethyl adjacent to an activating group) is 1. The summed E-state index contributed by atoms with van der Waals surface area (Å²) < 4.78 is 23.0. The summed E-state index contributed by atoms with van der Waals surface area (Å²) in [5.74, 6) is -2.00. The molecule has 0 aliphatic heterocycles. The van der Waals surface area contributed by atoms with Gasteiger partial charge in [0.25, 0.3) is 6.29 Å². The molecule has 0 rings (SSSR count). The molecule has 0 saturated heterocycles. The number of hydrogen-bond donors (Lipinski definition) is 1. The minimum atomic E-state index is -1.52. The third-order valence-electron chi connectivity index (χ3n) is 16.3. The Kier molecular flexibility index (Phi) is 67.1. The van der Waals surface area contributed by atoms with E-state index in [9.17, 15) is 19.5 Å². The molecule has 9 nitrogen and oxygen atoms in total. The Hall–Kier alpha value is -3.79. The van der Waals surface area contributed by atoms with Gasteiger partial charge < -0.3 is 28.5 Å². The van der Waals surface area contributed by atoms with Crippen molar-refractivity contribution in [2.24, 2.45) is 0 Å². The molecule has 0 aromatic carbocycles. The molecular weight excluding hydrogens is 1100 g/mol. The van der Waals surface area contributed by atoms with Gasteiger partial charge in [-0.2, -0.15) is 0 Å². The number of carboxylic acids is 1. The van der Waals surface area contributed by atoms with Crippen LogP contribution in [0, 0.1) is 0 Å². The molecule has 0 fully saturated rings. The van der Waals surface area contributed by atoms with Crippen LogP contribution in [-0.2, 0) is 33.3 Å². The van der Waals surface area contributed by atoms with Gasteiger partial charge in [-0.25, -0.2) is 4.79 Å². The Morgan fingerprint density at radius 3 is 0.966 bits per heavy atom. The molecule has 0 amide bonds. The van der Waals surface area contributed by atoms with Crippen LogP contribution in [-0.4, -0.2) is 87.4 Å². The lowest BCUT2D eigenvalue weighted by Crippen LogP contribution is -2.40. The van der Waals surface area contributed by atoms with Crippen molar-refractivity contribution in [1.29, 1.82) is 0 Å². The lowest BCUT2D eigenvalue weighted by molar-refractivity contribution is -0.870. The van der Waals surface area contributed by atoms with Crippen LogP contribution in [0.5, 0.6) is 0 Å². The number of aliphatic carboxylic acids is 1. The molecular formula is C80H142NO8+. The number of nitrogens with zero attached hydrogens (tertiary/aromatic N) is 1. The number of hydrogen-bond acceptors (Lipinski definition) is 7. The van der Waals surface area contributed by atoms with E-state index < -0.39 is 24.3 Å². The van der Waals surface area contributed by atoms with Gasteiger partial charge in [0, 0.05) is 12.8 Å². The van der Waals surface area contributed by atoms with E-state index in [2.05, 4.69) is 111 Å². The van der Waals surface area contributed by atoms with E-state index in [1.165, 1.54) is 212 Å². The van der Waals surface area contributed by atoms with E-state index >= 15 is 0 Å². The Morgan fingerprint density at radius 2 is 0.640 bits per heavy atom. The van der Waals surface area contributed by atoms with Gasteiger partial charge >= 0.3 is 17.9 Å². The molecule has 0 aliphatic rings. The van der Waals surface area contributed by atoms with Crippen LogP contribution in [0.25, 0.3) is 0 Å². The normalized spacial score (nSPS) is 13.2. The molecule has 0 saturated carbocycles. The van der Waals surface area contributed by atoms with E-state index in [4.69, 9.17) is 18.9 Å². The number of esters is 2. The lowest BCUT2D eigenvalue weighted by Gasteiger charge is -2.25. The summed E-state index contributed by atoms with van der Waals surface area (Å²) >= 11 is 0. The number of rotatable bonds is 69. The maximum absolute atomic E-state index is 13.0. The summed E-state index contributed by atoms with van der Waals surface area (Å²) in [5.41, 5.74) is 0. The highest BCUT2D eigenvalue weighted by molar-refractivity contribution is 5.71. The number of quaternary nitrogens is 1. The zero-order valence-electron chi connectivity index (χ0n) is 58.8. The van der Waals surface area contributed by atoms with Crippen molar-refractivity contribution in [2.75, 3.05) is 47.5 Å². The Labute approximate surface area is 550 Å². The molecule has 0 aliphatic carbocycles. The fourth-order valence-corrected chi connectivity index (χ4v) is 10.6. The van der Waals surface area contributed by atoms with E-state index in [0.29, 0.717) is 23.9 Å². The van der Waals surface area contributed by atoms with Crippen molar-refractivity contribution in [3.8, 4) is 0 Å². The molecule has 0 aromatic heterocycles. The number of carboxylic acid groups (broad SMARTS) is 1. The van der Waals surface area contributed by atoms with Crippen LogP contribution in [0.1, 0.15) is 335 Å². The summed E-state index contributed by atoms with van der Waals surface area (Å²) in [7, 11) is 5.98. The predicted molar refractivity (Wildman–Crippen MR) is 382 cm³/mol. The largest absolute Gasteiger partial charge is 0.477 e. The second kappa shape index (κ2) is 70.1. The first-order chi connectivity index (χ1) is 43.6. The first-order valence-electron chi connectivity index (χ1n) is 37.4. The summed E-state index contributed by atoms with van der Waals surface area (Å²) in [5, 5.41) is 9.76. The van der Waals surface area contributed by atoms with Gasteiger partial charge in [0.1, 0.15) is 13.2 Å². The van der Waals surface area contributed by atoms with E-state index in [0.717, 1.165) is 89.9 Å². The first kappa shape index (κ1) is 85.2. The minimum Gasteiger partial charge on any atom is -0.477 e. The van der Waals surface area contributed by atoms with Gasteiger partial charge in [-0.15, -0.1) is 0 Å². The van der Waals surface area contributed by atoms with Crippen LogP contribution in [0.15, 0.2) is 97.2 Å². The lowest BCUT2D eigenvalue weighted by atomic mass is 10.0. The fourth-order valence-electron chi connectivity index (χ4n) is 10.6. The number of allylic oxidation sites excluding steroid dienone is 16. The standard InChI is InChI=1S/C80H141NO8/c1-6-8-10-12-14-16-18-20-22-24-26-28-30-32-34-36-38-39-41-42-44-46-48-50-52-54-56-58-60-62-64-66-68-70-77(82)87-74-76(75-88-80(79(84)85)86-73-72-81(3,4)5)89-78(83)71-69-67-65-63-61-59-57-55-53-51-49-47-45-43-40-37-35-33-31-29-27-25-23-21-19-17-15-13-11-9-7-2/h9,11,15,17,21,23-24,26-27,29,33,35,40,43,47,49,76,80H,6-8,10,12-14,16,18-20,22,25,28,30-32,34,36-39,41-42,44-46,48,50-75H2,1-5H3/p+1/b11-9-,17-15-,23-21-,26-24-,29-27-,35-33-,43-40-,49-47-. The molecule has 9 heteroatoms. The molecule has 2 unspecified atom stereocenters. The highest BCUT2D eigenvalue weighted by Crippen LogP contribution is 2.18. The van der Waals surface area contributed by atoms with Gasteiger partial charge in [0.2, 0.25) is 0 Å². The summed E-state index contributed by atoms with van der Waals surface area (Å²) in [6.07, 6.45) is 93.9. The van der Waals surface area contributed by atoms with Crippen molar-refractivity contribution in [1.82, 2.24) is 0 Å². The summed E-state index contributed by atoms with van der Waals surface area (Å²) in [6.45, 7) is 4.79. The van der Waals surface area contributed by atoms with Crippen molar-refractivity contribution in [3.63, 3.8) is 0 Å². The molecule has 89 heavy (non-hydrogen) atoms. The Balaban J connectivity index is 4.09. The van der Waals surface area contributed by atoms with Crippen molar-refractivity contribution in [2.45, 2.75) is 347 Å². The second-order valence-electron chi connectivity index (χ2n) is 26.2. The van der Waals surface area contributed by atoms with E-state index in [1.54, 1.807) is 0 Å². The molecule has 0 aromatic rings. The Morgan fingerprint density at radius 1 is 0.348 bits per heavy atom. The van der Waals surface area contributed by atoms with Gasteiger partial charge in [-0.1, -0.05) is 323 Å². The molecule has 514 valence electrons. The first-order valence-corrected chi connectivity index (χ1v) is 37.4. The van der Waals surface area contributed by atoms with Gasteiger partial charge in [0.05, 0.1) is 34.4 Å². The number of ether oxygens (including phenoxy) is 4. The SMILES string of the molecule is CC/C=C\C/C=C\C/C=C\C/C=C\C/C=C\C/C=C\C/C=C\CCCCCCCCCCCC(=O)OC(COC(=O)CCCCCCCCCCCCCCCCCCCCCCC/C=C\CCCCCCCCCC)COC(OCC[N+](C)(C)C)C(=O)O. The van der Waals surface area contributed by atoms with Crippen molar-refractivity contribution >= 4 is 17.9 Å². The van der Waals surface area contributed by atoms with Crippen LogP contribution < -0.4 is 0 Å². The van der Waals surface area contributed by atoms with Crippen LogP contribution in [0.4, 0.5) is 0 Å². The zero-order chi connectivity index (χ0) is 64.7. The third-order valence-corrected chi connectivity index (χ3v) is 16.3. The quantitative estimate of drug-likeness (QED) is 0.0211. The number of carbonyl (C=O) groups excluding carboxylic acids is 2. The average molecular weight is 1250 g/mol.